The zero-order valence-corrected chi connectivity index (χ0v) is 13.4. The molecule has 0 saturated carbocycles. The van der Waals surface area contributed by atoms with Crippen LogP contribution in [0.5, 0.6) is 0 Å². The number of aromatic nitrogens is 2. The van der Waals surface area contributed by atoms with Crippen molar-refractivity contribution in [2.45, 2.75) is 24.5 Å². The van der Waals surface area contributed by atoms with Crippen LogP contribution in [0.15, 0.2) is 41.3 Å². The van der Waals surface area contributed by atoms with Crippen molar-refractivity contribution in [2.75, 3.05) is 11.9 Å². The second kappa shape index (κ2) is 7.14. The van der Waals surface area contributed by atoms with E-state index < -0.39 is 21.9 Å². The molecule has 0 spiro atoms. The van der Waals surface area contributed by atoms with Gasteiger partial charge in [0.2, 0.25) is 10.0 Å². The molecule has 0 atom stereocenters. The first-order valence-electron chi connectivity index (χ1n) is 6.96. The van der Waals surface area contributed by atoms with Crippen LogP contribution in [-0.2, 0) is 22.7 Å². The molecular formula is C14H15F3N4O2S. The zero-order valence-electron chi connectivity index (χ0n) is 12.6. The molecule has 6 nitrogen and oxygen atoms in total. The topological polar surface area (TPSA) is 84.0 Å². The third-order valence-corrected chi connectivity index (χ3v) is 4.56. The highest BCUT2D eigenvalue weighted by Crippen LogP contribution is 2.27. The van der Waals surface area contributed by atoms with Crippen molar-refractivity contribution in [1.29, 1.82) is 0 Å². The monoisotopic (exact) mass is 360 g/mol. The maximum absolute atomic E-state index is 12.4. The van der Waals surface area contributed by atoms with Crippen LogP contribution >= 0.6 is 0 Å². The second-order valence-corrected chi connectivity index (χ2v) is 6.57. The summed E-state index contributed by atoms with van der Waals surface area (Å²) in [5, 5.41) is 9.38. The normalized spacial score (nSPS) is 12.2. The van der Waals surface area contributed by atoms with Gasteiger partial charge in [0.05, 0.1) is 4.90 Å². The smallest absolute Gasteiger partial charge is 0.365 e. The highest BCUT2D eigenvalue weighted by Gasteiger charge is 2.32. The molecule has 0 radical (unpaired) electrons. The van der Waals surface area contributed by atoms with E-state index in [0.717, 1.165) is 11.6 Å². The van der Waals surface area contributed by atoms with Crippen LogP contribution in [-0.4, -0.2) is 25.2 Å². The number of hydrogen-bond acceptors (Lipinski definition) is 5. The van der Waals surface area contributed by atoms with Gasteiger partial charge in [-0.2, -0.15) is 13.2 Å². The Hall–Kier alpha value is -2.20. The van der Waals surface area contributed by atoms with Crippen LogP contribution in [0.25, 0.3) is 0 Å². The summed E-state index contributed by atoms with van der Waals surface area (Å²) in [6.07, 6.45) is -4.53. The Labute approximate surface area is 137 Å². The fraction of sp³-hybridized carbons (Fsp3) is 0.286. The van der Waals surface area contributed by atoms with Crippen molar-refractivity contribution >= 4 is 15.8 Å². The molecular weight excluding hydrogens is 345 g/mol. The minimum atomic E-state index is -4.53. The van der Waals surface area contributed by atoms with Crippen molar-refractivity contribution in [3.05, 3.63) is 47.7 Å². The molecule has 24 heavy (non-hydrogen) atoms. The summed E-state index contributed by atoms with van der Waals surface area (Å²) in [6, 6.07) is 8.13. The van der Waals surface area contributed by atoms with Crippen LogP contribution in [0.1, 0.15) is 18.2 Å². The van der Waals surface area contributed by atoms with Crippen LogP contribution in [0.3, 0.4) is 0 Å². The first-order chi connectivity index (χ1) is 11.2. The van der Waals surface area contributed by atoms with Gasteiger partial charge in [0.1, 0.15) is 5.82 Å². The van der Waals surface area contributed by atoms with E-state index in [9.17, 15) is 21.6 Å². The molecule has 0 aliphatic rings. The van der Waals surface area contributed by atoms with Gasteiger partial charge < -0.3 is 5.32 Å². The summed E-state index contributed by atoms with van der Waals surface area (Å²) in [4.78, 5) is 0.141. The molecule has 1 aromatic heterocycles. The van der Waals surface area contributed by atoms with E-state index in [0.29, 0.717) is 0 Å². The fourth-order valence-corrected chi connectivity index (χ4v) is 2.87. The lowest BCUT2D eigenvalue weighted by molar-refractivity contribution is -0.141. The van der Waals surface area contributed by atoms with Gasteiger partial charge in [-0.3, -0.25) is 0 Å². The molecule has 0 bridgehead atoms. The van der Waals surface area contributed by atoms with Crippen LogP contribution in [0.2, 0.25) is 0 Å². The average molecular weight is 360 g/mol. The van der Waals surface area contributed by atoms with Crippen molar-refractivity contribution in [3.63, 3.8) is 0 Å². The summed E-state index contributed by atoms with van der Waals surface area (Å²) in [5.74, 6) is 0.187. The van der Waals surface area contributed by atoms with E-state index in [4.69, 9.17) is 0 Å². The molecule has 2 aromatic rings. The van der Waals surface area contributed by atoms with E-state index in [1.54, 1.807) is 19.1 Å². The van der Waals surface area contributed by atoms with E-state index in [1.807, 2.05) is 0 Å². The number of nitrogens with zero attached hydrogens (tertiary/aromatic N) is 2. The number of alkyl halides is 3. The SMILES string of the molecule is CCNS(=O)(=O)c1ccc(CNc2ccc(C(F)(F)F)nn2)cc1. The molecule has 1 aromatic carbocycles. The first kappa shape index (κ1) is 18.1. The van der Waals surface area contributed by atoms with Crippen molar-refractivity contribution in [2.24, 2.45) is 0 Å². The third-order valence-electron chi connectivity index (χ3n) is 3.00. The predicted octanol–water partition coefficient (Wildman–Crippen LogP) is 2.41. The van der Waals surface area contributed by atoms with E-state index in [-0.39, 0.29) is 23.8 Å². The Bertz CT molecular complexity index is 775. The largest absolute Gasteiger partial charge is 0.435 e. The quantitative estimate of drug-likeness (QED) is 0.826. The Kier molecular flexibility index (Phi) is 5.40. The Morgan fingerprint density at radius 2 is 1.71 bits per heavy atom. The molecule has 130 valence electrons. The van der Waals surface area contributed by atoms with Crippen molar-refractivity contribution in [3.8, 4) is 0 Å². The zero-order chi connectivity index (χ0) is 17.8. The molecule has 2 rings (SSSR count). The van der Waals surface area contributed by atoms with Crippen LogP contribution < -0.4 is 10.0 Å². The Morgan fingerprint density at radius 1 is 1.04 bits per heavy atom. The third kappa shape index (κ3) is 4.65. The highest BCUT2D eigenvalue weighted by atomic mass is 32.2. The number of nitrogens with one attached hydrogen (secondary N) is 2. The molecule has 1 heterocycles. The van der Waals surface area contributed by atoms with Crippen LogP contribution in [0, 0.1) is 0 Å². The summed E-state index contributed by atoms with van der Waals surface area (Å²) in [6.45, 7) is 2.24. The summed E-state index contributed by atoms with van der Waals surface area (Å²) < 4.78 is 63.1. The van der Waals surface area contributed by atoms with Crippen LogP contribution in [0.4, 0.5) is 19.0 Å². The average Bonchev–Trinajstić information content (AvgIpc) is 2.53. The van der Waals surface area contributed by atoms with Gasteiger partial charge in [0.25, 0.3) is 0 Å². The lowest BCUT2D eigenvalue weighted by Crippen LogP contribution is -2.23. The number of anilines is 1. The number of halogens is 3. The lowest BCUT2D eigenvalue weighted by atomic mass is 10.2. The molecule has 0 aliphatic carbocycles. The van der Waals surface area contributed by atoms with Crippen molar-refractivity contribution in [1.82, 2.24) is 14.9 Å². The summed E-state index contributed by atoms with van der Waals surface area (Å²) in [7, 11) is -3.51. The second-order valence-electron chi connectivity index (χ2n) is 4.80. The van der Waals surface area contributed by atoms with E-state index in [2.05, 4.69) is 20.2 Å². The predicted molar refractivity (Wildman–Crippen MR) is 81.7 cm³/mol. The minimum absolute atomic E-state index is 0.141. The number of rotatable bonds is 6. The van der Waals surface area contributed by atoms with Gasteiger partial charge >= 0.3 is 6.18 Å². The maximum Gasteiger partial charge on any atom is 0.435 e. The molecule has 0 amide bonds. The molecule has 0 unspecified atom stereocenters. The summed E-state index contributed by atoms with van der Waals surface area (Å²) >= 11 is 0. The van der Waals surface area contributed by atoms with Gasteiger partial charge in [-0.15, -0.1) is 10.2 Å². The number of benzene rings is 1. The molecule has 2 N–H and O–H groups in total. The van der Waals surface area contributed by atoms with E-state index >= 15 is 0 Å². The molecule has 10 heteroatoms. The van der Waals surface area contributed by atoms with Crippen molar-refractivity contribution < 1.29 is 21.6 Å². The molecule has 0 fully saturated rings. The van der Waals surface area contributed by atoms with Gasteiger partial charge in [0.15, 0.2) is 5.69 Å². The van der Waals surface area contributed by atoms with E-state index in [1.165, 1.54) is 18.2 Å². The molecule has 0 saturated heterocycles. The van der Waals surface area contributed by atoms with Gasteiger partial charge in [-0.25, -0.2) is 13.1 Å². The maximum atomic E-state index is 12.4. The van der Waals surface area contributed by atoms with Gasteiger partial charge in [0, 0.05) is 13.1 Å². The Balaban J connectivity index is 2.00. The molecule has 0 aliphatic heterocycles. The standard InChI is InChI=1S/C14H15F3N4O2S/c1-2-19-24(22,23)11-5-3-10(4-6-11)9-18-13-8-7-12(20-21-13)14(15,16)17/h3-8,19H,2,9H2,1H3,(H,18,21). The highest BCUT2D eigenvalue weighted by molar-refractivity contribution is 7.89. The number of sulfonamides is 1. The first-order valence-corrected chi connectivity index (χ1v) is 8.44. The van der Waals surface area contributed by atoms with Gasteiger partial charge in [-0.05, 0) is 29.8 Å². The van der Waals surface area contributed by atoms with Gasteiger partial charge in [-0.1, -0.05) is 19.1 Å². The minimum Gasteiger partial charge on any atom is -0.365 e. The lowest BCUT2D eigenvalue weighted by Gasteiger charge is -2.08. The fourth-order valence-electron chi connectivity index (χ4n) is 1.83. The Morgan fingerprint density at radius 3 is 2.21 bits per heavy atom. The number of hydrogen-bond donors (Lipinski definition) is 2. The summed E-state index contributed by atoms with van der Waals surface area (Å²) in [5.41, 5.74) is -0.321.